The van der Waals surface area contributed by atoms with Crippen LogP contribution in [0.15, 0.2) is 18.6 Å². The van der Waals surface area contributed by atoms with Crippen molar-refractivity contribution in [2.75, 3.05) is 5.32 Å². The Labute approximate surface area is 108 Å². The van der Waals surface area contributed by atoms with Crippen LogP contribution in [0, 0.1) is 5.82 Å². The summed E-state index contributed by atoms with van der Waals surface area (Å²) < 4.78 is 15.6. The quantitative estimate of drug-likeness (QED) is 0.863. The smallest absolute Gasteiger partial charge is 0.338 e. The molecule has 19 heavy (non-hydrogen) atoms. The molecule has 0 aliphatic carbocycles. The lowest BCUT2D eigenvalue weighted by Gasteiger charge is -2.14. The molecule has 1 unspecified atom stereocenters. The SMILES string of the molecule is CC(Nc1nccc(C(=O)O)c1F)c1nncn1C. The van der Waals surface area contributed by atoms with Gasteiger partial charge in [-0.2, -0.15) is 0 Å². The fraction of sp³-hybridized carbons (Fsp3) is 0.273. The van der Waals surface area contributed by atoms with E-state index in [0.717, 1.165) is 6.07 Å². The Morgan fingerprint density at radius 3 is 2.89 bits per heavy atom. The number of hydrogen-bond donors (Lipinski definition) is 2. The van der Waals surface area contributed by atoms with Gasteiger partial charge in [0.05, 0.1) is 6.04 Å². The number of aromatic nitrogens is 4. The average molecular weight is 265 g/mol. The number of nitrogens with one attached hydrogen (secondary N) is 1. The number of anilines is 1. The van der Waals surface area contributed by atoms with E-state index in [0.29, 0.717) is 5.82 Å². The summed E-state index contributed by atoms with van der Waals surface area (Å²) in [5.74, 6) is -1.78. The van der Waals surface area contributed by atoms with Gasteiger partial charge in [0.25, 0.3) is 0 Å². The highest BCUT2D eigenvalue weighted by Crippen LogP contribution is 2.20. The van der Waals surface area contributed by atoms with Gasteiger partial charge in [-0.3, -0.25) is 0 Å². The van der Waals surface area contributed by atoms with Crippen LogP contribution < -0.4 is 5.32 Å². The number of carboxylic acids is 1. The van der Waals surface area contributed by atoms with Crippen LogP contribution in [0.25, 0.3) is 0 Å². The summed E-state index contributed by atoms with van der Waals surface area (Å²) in [4.78, 5) is 14.6. The summed E-state index contributed by atoms with van der Waals surface area (Å²) in [6.07, 6.45) is 2.75. The fourth-order valence-corrected chi connectivity index (χ4v) is 1.66. The van der Waals surface area contributed by atoms with E-state index >= 15 is 0 Å². The number of carboxylic acid groups (broad SMARTS) is 1. The van der Waals surface area contributed by atoms with E-state index in [1.54, 1.807) is 18.5 Å². The van der Waals surface area contributed by atoms with Crippen molar-refractivity contribution in [3.63, 3.8) is 0 Å². The molecule has 0 saturated carbocycles. The van der Waals surface area contributed by atoms with Crippen LogP contribution in [-0.4, -0.2) is 30.8 Å². The number of aryl methyl sites for hydroxylation is 1. The Bertz CT molecular complexity index is 613. The minimum atomic E-state index is -1.34. The zero-order chi connectivity index (χ0) is 14.0. The second-order valence-corrected chi connectivity index (χ2v) is 3.99. The third-order valence-electron chi connectivity index (χ3n) is 2.61. The van der Waals surface area contributed by atoms with Crippen molar-refractivity contribution in [3.05, 3.63) is 35.8 Å². The highest BCUT2D eigenvalue weighted by Gasteiger charge is 2.18. The lowest BCUT2D eigenvalue weighted by molar-refractivity contribution is 0.0692. The van der Waals surface area contributed by atoms with Crippen molar-refractivity contribution < 1.29 is 14.3 Å². The highest BCUT2D eigenvalue weighted by atomic mass is 19.1. The largest absolute Gasteiger partial charge is 0.478 e. The number of nitrogens with zero attached hydrogens (tertiary/aromatic N) is 4. The zero-order valence-corrected chi connectivity index (χ0v) is 10.3. The van der Waals surface area contributed by atoms with Crippen LogP contribution in [0.2, 0.25) is 0 Å². The Kier molecular flexibility index (Phi) is 3.41. The highest BCUT2D eigenvalue weighted by molar-refractivity contribution is 5.88. The summed E-state index contributed by atoms with van der Waals surface area (Å²) >= 11 is 0. The first-order valence-electron chi connectivity index (χ1n) is 5.49. The van der Waals surface area contributed by atoms with Gasteiger partial charge in [0, 0.05) is 13.2 Å². The van der Waals surface area contributed by atoms with Crippen LogP contribution in [0.5, 0.6) is 0 Å². The summed E-state index contributed by atoms with van der Waals surface area (Å²) in [6.45, 7) is 1.75. The first kappa shape index (κ1) is 12.9. The monoisotopic (exact) mass is 265 g/mol. The predicted octanol–water partition coefficient (Wildman–Crippen LogP) is 1.22. The van der Waals surface area contributed by atoms with Crippen LogP contribution in [0.3, 0.4) is 0 Å². The molecule has 0 radical (unpaired) electrons. The topological polar surface area (TPSA) is 92.9 Å². The molecule has 0 aliphatic heterocycles. The number of carbonyl (C=O) groups is 1. The molecule has 8 heteroatoms. The molecule has 0 saturated heterocycles. The van der Waals surface area contributed by atoms with Gasteiger partial charge < -0.3 is 15.0 Å². The molecule has 1 atom stereocenters. The third kappa shape index (κ3) is 2.51. The van der Waals surface area contributed by atoms with E-state index in [-0.39, 0.29) is 11.9 Å². The van der Waals surface area contributed by atoms with Crippen molar-refractivity contribution in [3.8, 4) is 0 Å². The predicted molar refractivity (Wildman–Crippen MR) is 64.2 cm³/mol. The molecule has 0 amide bonds. The molecule has 0 bridgehead atoms. The van der Waals surface area contributed by atoms with Crippen LogP contribution in [0.4, 0.5) is 10.2 Å². The zero-order valence-electron chi connectivity index (χ0n) is 10.3. The standard InChI is InChI=1S/C11H12FN5O2/c1-6(10-16-14-5-17(10)2)15-9-8(12)7(11(18)19)3-4-13-9/h3-6H,1-2H3,(H,13,15)(H,18,19). The van der Waals surface area contributed by atoms with Gasteiger partial charge in [-0.1, -0.05) is 0 Å². The Morgan fingerprint density at radius 1 is 1.58 bits per heavy atom. The minimum Gasteiger partial charge on any atom is -0.478 e. The van der Waals surface area contributed by atoms with Gasteiger partial charge in [0.15, 0.2) is 17.5 Å². The van der Waals surface area contributed by atoms with Gasteiger partial charge in [-0.05, 0) is 13.0 Å². The molecule has 100 valence electrons. The minimum absolute atomic E-state index is 0.129. The lowest BCUT2D eigenvalue weighted by Crippen LogP contribution is -2.15. The van der Waals surface area contributed by atoms with E-state index < -0.39 is 17.3 Å². The second kappa shape index (κ2) is 5.01. The summed E-state index contributed by atoms with van der Waals surface area (Å²) in [7, 11) is 1.75. The molecule has 2 aromatic heterocycles. The molecule has 7 nitrogen and oxygen atoms in total. The first-order valence-corrected chi connectivity index (χ1v) is 5.49. The van der Waals surface area contributed by atoms with Gasteiger partial charge >= 0.3 is 5.97 Å². The summed E-state index contributed by atoms with van der Waals surface area (Å²) in [5, 5.41) is 19.2. The normalized spacial score (nSPS) is 12.2. The number of hydrogen-bond acceptors (Lipinski definition) is 5. The van der Waals surface area contributed by atoms with Gasteiger partial charge in [0.2, 0.25) is 0 Å². The van der Waals surface area contributed by atoms with Gasteiger partial charge in [0.1, 0.15) is 11.9 Å². The van der Waals surface area contributed by atoms with Crippen molar-refractivity contribution in [1.29, 1.82) is 0 Å². The molecular weight excluding hydrogens is 253 g/mol. The molecule has 2 rings (SSSR count). The maximum Gasteiger partial charge on any atom is 0.338 e. The molecular formula is C11H12FN5O2. The summed E-state index contributed by atoms with van der Waals surface area (Å²) in [6, 6.07) is 0.745. The van der Waals surface area contributed by atoms with Crippen LogP contribution in [0.1, 0.15) is 29.1 Å². The Hall–Kier alpha value is -2.51. The molecule has 0 aliphatic rings. The molecule has 2 heterocycles. The second-order valence-electron chi connectivity index (χ2n) is 3.99. The number of halogens is 1. The van der Waals surface area contributed by atoms with E-state index in [9.17, 15) is 9.18 Å². The van der Waals surface area contributed by atoms with Gasteiger partial charge in [-0.15, -0.1) is 10.2 Å². The molecule has 0 fully saturated rings. The summed E-state index contributed by atoms with van der Waals surface area (Å²) in [5.41, 5.74) is -0.428. The number of rotatable bonds is 4. The molecule has 2 N–H and O–H groups in total. The van der Waals surface area contributed by atoms with Crippen molar-refractivity contribution >= 4 is 11.8 Å². The lowest BCUT2D eigenvalue weighted by atomic mass is 10.2. The van der Waals surface area contributed by atoms with Crippen molar-refractivity contribution in [1.82, 2.24) is 19.7 Å². The molecule has 0 aromatic carbocycles. The van der Waals surface area contributed by atoms with E-state index in [1.165, 1.54) is 12.5 Å². The van der Waals surface area contributed by atoms with Gasteiger partial charge in [-0.25, -0.2) is 14.2 Å². The van der Waals surface area contributed by atoms with Crippen molar-refractivity contribution in [2.24, 2.45) is 7.05 Å². The average Bonchev–Trinajstić information content (AvgIpc) is 2.77. The van der Waals surface area contributed by atoms with Crippen molar-refractivity contribution in [2.45, 2.75) is 13.0 Å². The van der Waals surface area contributed by atoms with Crippen LogP contribution >= 0.6 is 0 Å². The van der Waals surface area contributed by atoms with E-state index in [2.05, 4.69) is 20.5 Å². The Morgan fingerprint density at radius 2 is 2.32 bits per heavy atom. The Balaban J connectivity index is 2.27. The van der Waals surface area contributed by atoms with E-state index in [4.69, 9.17) is 5.11 Å². The maximum absolute atomic E-state index is 13.9. The maximum atomic E-state index is 13.9. The first-order chi connectivity index (χ1) is 9.00. The van der Waals surface area contributed by atoms with E-state index in [1.807, 2.05) is 0 Å². The number of aromatic carboxylic acids is 1. The number of pyridine rings is 1. The third-order valence-corrected chi connectivity index (χ3v) is 2.61. The molecule has 2 aromatic rings. The van der Waals surface area contributed by atoms with Crippen LogP contribution in [-0.2, 0) is 7.05 Å². The molecule has 0 spiro atoms. The fourth-order valence-electron chi connectivity index (χ4n) is 1.66.